The SMILES string of the molecule is Cc1ccccc1O[C@@H](C)C(=O)Nc1ccccc1C(=O)N1CCOCC1. The smallest absolute Gasteiger partial charge is 0.265 e. The van der Waals surface area contributed by atoms with Crippen molar-refractivity contribution in [3.8, 4) is 5.75 Å². The number of rotatable bonds is 5. The predicted molar refractivity (Wildman–Crippen MR) is 103 cm³/mol. The fourth-order valence-corrected chi connectivity index (χ4v) is 2.88. The molecule has 1 aliphatic heterocycles. The van der Waals surface area contributed by atoms with E-state index in [9.17, 15) is 9.59 Å². The minimum atomic E-state index is -0.697. The summed E-state index contributed by atoms with van der Waals surface area (Å²) in [5.74, 6) is 0.250. The lowest BCUT2D eigenvalue weighted by Crippen LogP contribution is -2.41. The van der Waals surface area contributed by atoms with Crippen LogP contribution in [-0.2, 0) is 9.53 Å². The Balaban J connectivity index is 1.70. The van der Waals surface area contributed by atoms with Gasteiger partial charge in [0.25, 0.3) is 11.8 Å². The van der Waals surface area contributed by atoms with E-state index in [1.54, 1.807) is 36.1 Å². The van der Waals surface area contributed by atoms with Crippen molar-refractivity contribution in [1.29, 1.82) is 0 Å². The number of para-hydroxylation sites is 2. The van der Waals surface area contributed by atoms with E-state index in [0.717, 1.165) is 5.56 Å². The van der Waals surface area contributed by atoms with Gasteiger partial charge in [0.05, 0.1) is 24.5 Å². The molecule has 27 heavy (non-hydrogen) atoms. The molecule has 3 rings (SSSR count). The molecular weight excluding hydrogens is 344 g/mol. The van der Waals surface area contributed by atoms with Gasteiger partial charge in [-0.05, 0) is 37.6 Å². The second kappa shape index (κ2) is 8.68. The number of nitrogens with zero attached hydrogens (tertiary/aromatic N) is 1. The lowest BCUT2D eigenvalue weighted by Gasteiger charge is -2.27. The van der Waals surface area contributed by atoms with Crippen LogP contribution in [0.25, 0.3) is 0 Å². The number of ether oxygens (including phenoxy) is 2. The van der Waals surface area contributed by atoms with Crippen molar-refractivity contribution < 1.29 is 19.1 Å². The van der Waals surface area contributed by atoms with E-state index in [1.807, 2.05) is 31.2 Å². The molecule has 1 heterocycles. The fourth-order valence-electron chi connectivity index (χ4n) is 2.88. The van der Waals surface area contributed by atoms with Crippen LogP contribution in [0.2, 0.25) is 0 Å². The Hall–Kier alpha value is -2.86. The molecule has 0 bridgehead atoms. The molecule has 0 aromatic heterocycles. The van der Waals surface area contributed by atoms with Crippen molar-refractivity contribution in [2.24, 2.45) is 0 Å². The Kier molecular flexibility index (Phi) is 6.08. The van der Waals surface area contributed by atoms with E-state index in [1.165, 1.54) is 0 Å². The summed E-state index contributed by atoms with van der Waals surface area (Å²) in [4.78, 5) is 27.1. The summed E-state index contributed by atoms with van der Waals surface area (Å²) in [6, 6.07) is 14.6. The molecule has 2 amide bonds. The van der Waals surface area contributed by atoms with Gasteiger partial charge < -0.3 is 19.7 Å². The van der Waals surface area contributed by atoms with Crippen molar-refractivity contribution in [2.45, 2.75) is 20.0 Å². The largest absolute Gasteiger partial charge is 0.481 e. The number of hydrogen-bond acceptors (Lipinski definition) is 4. The highest BCUT2D eigenvalue weighted by molar-refractivity contribution is 6.04. The number of morpholine rings is 1. The molecule has 2 aromatic carbocycles. The topological polar surface area (TPSA) is 67.9 Å². The quantitative estimate of drug-likeness (QED) is 0.881. The molecule has 0 unspecified atom stereocenters. The summed E-state index contributed by atoms with van der Waals surface area (Å²) >= 11 is 0. The Labute approximate surface area is 159 Å². The summed E-state index contributed by atoms with van der Waals surface area (Å²) in [6.07, 6.45) is -0.697. The van der Waals surface area contributed by atoms with E-state index in [4.69, 9.17) is 9.47 Å². The third-order valence-electron chi connectivity index (χ3n) is 4.48. The average molecular weight is 368 g/mol. The number of aryl methyl sites for hydroxylation is 1. The molecule has 6 heteroatoms. The van der Waals surface area contributed by atoms with Gasteiger partial charge in [0.2, 0.25) is 0 Å². The van der Waals surface area contributed by atoms with Crippen LogP contribution in [-0.4, -0.2) is 49.1 Å². The monoisotopic (exact) mass is 368 g/mol. The van der Waals surface area contributed by atoms with Gasteiger partial charge in [-0.3, -0.25) is 9.59 Å². The van der Waals surface area contributed by atoms with Gasteiger partial charge in [-0.15, -0.1) is 0 Å². The number of amides is 2. The Morgan fingerprint density at radius 3 is 2.48 bits per heavy atom. The number of carbonyl (C=O) groups is 2. The molecule has 0 aliphatic carbocycles. The second-order valence-corrected chi connectivity index (χ2v) is 6.46. The summed E-state index contributed by atoms with van der Waals surface area (Å²) in [5, 5.41) is 2.83. The van der Waals surface area contributed by atoms with Crippen molar-refractivity contribution in [3.05, 3.63) is 59.7 Å². The van der Waals surface area contributed by atoms with Crippen LogP contribution in [0.1, 0.15) is 22.8 Å². The van der Waals surface area contributed by atoms with Gasteiger partial charge in [0.15, 0.2) is 6.10 Å². The van der Waals surface area contributed by atoms with Crippen LogP contribution >= 0.6 is 0 Å². The Morgan fingerprint density at radius 2 is 1.74 bits per heavy atom. The molecule has 1 N–H and O–H groups in total. The van der Waals surface area contributed by atoms with Gasteiger partial charge >= 0.3 is 0 Å². The summed E-state index contributed by atoms with van der Waals surface area (Å²) < 4.78 is 11.1. The zero-order chi connectivity index (χ0) is 19.2. The van der Waals surface area contributed by atoms with Crippen LogP contribution in [0.3, 0.4) is 0 Å². The lowest BCUT2D eigenvalue weighted by atomic mass is 10.1. The Bertz CT molecular complexity index is 815. The molecule has 0 spiro atoms. The standard InChI is InChI=1S/C21H24N2O4/c1-15-7-3-6-10-19(15)27-16(2)20(24)22-18-9-5-4-8-17(18)21(25)23-11-13-26-14-12-23/h3-10,16H,11-14H2,1-2H3,(H,22,24)/t16-/m0/s1. The van der Waals surface area contributed by atoms with Crippen LogP contribution in [0.5, 0.6) is 5.75 Å². The minimum Gasteiger partial charge on any atom is -0.481 e. The number of hydrogen-bond donors (Lipinski definition) is 1. The highest BCUT2D eigenvalue weighted by atomic mass is 16.5. The zero-order valence-electron chi connectivity index (χ0n) is 15.6. The van der Waals surface area contributed by atoms with Gasteiger partial charge in [-0.25, -0.2) is 0 Å². The van der Waals surface area contributed by atoms with Gasteiger partial charge in [0, 0.05) is 13.1 Å². The zero-order valence-corrected chi connectivity index (χ0v) is 15.6. The third kappa shape index (κ3) is 4.65. The molecule has 1 atom stereocenters. The molecule has 0 radical (unpaired) electrons. The number of nitrogens with one attached hydrogen (secondary N) is 1. The lowest BCUT2D eigenvalue weighted by molar-refractivity contribution is -0.122. The van der Waals surface area contributed by atoms with E-state index < -0.39 is 6.10 Å². The highest BCUT2D eigenvalue weighted by Crippen LogP contribution is 2.21. The summed E-state index contributed by atoms with van der Waals surface area (Å²) in [6.45, 7) is 5.77. The maximum Gasteiger partial charge on any atom is 0.265 e. The molecule has 0 saturated carbocycles. The van der Waals surface area contributed by atoms with Crippen molar-refractivity contribution >= 4 is 17.5 Å². The average Bonchev–Trinajstić information content (AvgIpc) is 2.70. The predicted octanol–water partition coefficient (Wildman–Crippen LogP) is 2.87. The van der Waals surface area contributed by atoms with Gasteiger partial charge in [-0.2, -0.15) is 0 Å². The maximum absolute atomic E-state index is 12.8. The molecule has 142 valence electrons. The summed E-state index contributed by atoms with van der Waals surface area (Å²) in [5.41, 5.74) is 1.91. The first kappa shape index (κ1) is 18.9. The van der Waals surface area contributed by atoms with Gasteiger partial charge in [-0.1, -0.05) is 30.3 Å². The van der Waals surface area contributed by atoms with E-state index >= 15 is 0 Å². The van der Waals surface area contributed by atoms with Crippen LogP contribution in [0, 0.1) is 6.92 Å². The molecule has 6 nitrogen and oxygen atoms in total. The number of benzene rings is 2. The van der Waals surface area contributed by atoms with E-state index in [2.05, 4.69) is 5.32 Å². The van der Waals surface area contributed by atoms with Crippen LogP contribution in [0.4, 0.5) is 5.69 Å². The first-order chi connectivity index (χ1) is 13.1. The highest BCUT2D eigenvalue weighted by Gasteiger charge is 2.23. The Morgan fingerprint density at radius 1 is 1.07 bits per heavy atom. The maximum atomic E-state index is 12.8. The minimum absolute atomic E-state index is 0.110. The molecule has 1 saturated heterocycles. The second-order valence-electron chi connectivity index (χ2n) is 6.46. The number of carbonyl (C=O) groups excluding carboxylic acids is 2. The fraction of sp³-hybridized carbons (Fsp3) is 0.333. The molecule has 2 aromatic rings. The van der Waals surface area contributed by atoms with Crippen molar-refractivity contribution in [1.82, 2.24) is 4.90 Å². The first-order valence-electron chi connectivity index (χ1n) is 9.05. The molecule has 1 fully saturated rings. The van der Waals surface area contributed by atoms with Crippen molar-refractivity contribution in [2.75, 3.05) is 31.6 Å². The summed E-state index contributed by atoms with van der Waals surface area (Å²) in [7, 11) is 0. The molecule has 1 aliphatic rings. The molecular formula is C21H24N2O4. The van der Waals surface area contributed by atoms with Gasteiger partial charge in [0.1, 0.15) is 5.75 Å². The normalized spacial score (nSPS) is 15.1. The van der Waals surface area contributed by atoms with E-state index in [-0.39, 0.29) is 11.8 Å². The third-order valence-corrected chi connectivity index (χ3v) is 4.48. The first-order valence-corrected chi connectivity index (χ1v) is 9.05. The van der Waals surface area contributed by atoms with Crippen molar-refractivity contribution in [3.63, 3.8) is 0 Å². The van der Waals surface area contributed by atoms with E-state index in [0.29, 0.717) is 43.3 Å². The van der Waals surface area contributed by atoms with Crippen LogP contribution in [0.15, 0.2) is 48.5 Å². The van der Waals surface area contributed by atoms with Crippen LogP contribution < -0.4 is 10.1 Å². The number of anilines is 1.